The van der Waals surface area contributed by atoms with E-state index in [4.69, 9.17) is 4.74 Å². The molecule has 0 bridgehead atoms. The molecule has 0 aromatic rings. The molecule has 1 aliphatic carbocycles. The molecule has 4 atom stereocenters. The van der Waals surface area contributed by atoms with Crippen molar-refractivity contribution in [1.82, 2.24) is 5.32 Å². The lowest BCUT2D eigenvalue weighted by molar-refractivity contribution is -0.151. The van der Waals surface area contributed by atoms with Crippen LogP contribution in [0.15, 0.2) is 0 Å². The van der Waals surface area contributed by atoms with Gasteiger partial charge in [-0.1, -0.05) is 26.7 Å². The van der Waals surface area contributed by atoms with E-state index in [9.17, 15) is 0 Å². The van der Waals surface area contributed by atoms with Crippen LogP contribution in [0.5, 0.6) is 0 Å². The van der Waals surface area contributed by atoms with Gasteiger partial charge in [-0.25, -0.2) is 0 Å². The number of hydrogen-bond acceptors (Lipinski definition) is 2. The smallest absolute Gasteiger partial charge is 0.0813 e. The van der Waals surface area contributed by atoms with Crippen molar-refractivity contribution in [2.45, 2.75) is 77.5 Å². The highest BCUT2D eigenvalue weighted by molar-refractivity contribution is 4.95. The molecule has 1 saturated heterocycles. The fourth-order valence-corrected chi connectivity index (χ4v) is 3.63. The Morgan fingerprint density at radius 3 is 2.76 bits per heavy atom. The molecule has 0 radical (unpaired) electrons. The maximum Gasteiger partial charge on any atom is 0.0813 e. The van der Waals surface area contributed by atoms with Crippen LogP contribution < -0.4 is 5.32 Å². The SMILES string of the molecule is CC(C)CC1CCCC2(CNC(C)C(C)O2)C1. The first-order valence-corrected chi connectivity index (χ1v) is 7.42. The van der Waals surface area contributed by atoms with E-state index < -0.39 is 0 Å². The van der Waals surface area contributed by atoms with Crippen molar-refractivity contribution in [2.75, 3.05) is 6.54 Å². The zero-order chi connectivity index (χ0) is 12.5. The first-order valence-electron chi connectivity index (χ1n) is 7.42. The summed E-state index contributed by atoms with van der Waals surface area (Å²) < 4.78 is 6.38. The minimum Gasteiger partial charge on any atom is -0.369 e. The average molecular weight is 239 g/mol. The third-order valence-electron chi connectivity index (χ3n) is 4.60. The van der Waals surface area contributed by atoms with Crippen LogP contribution in [0.4, 0.5) is 0 Å². The van der Waals surface area contributed by atoms with Crippen molar-refractivity contribution >= 4 is 0 Å². The van der Waals surface area contributed by atoms with Gasteiger partial charge >= 0.3 is 0 Å². The summed E-state index contributed by atoms with van der Waals surface area (Å²) in [7, 11) is 0. The molecule has 0 amide bonds. The first kappa shape index (κ1) is 13.4. The van der Waals surface area contributed by atoms with Crippen LogP contribution in [0.25, 0.3) is 0 Å². The second kappa shape index (κ2) is 5.27. The normalized spacial score (nSPS) is 43.2. The van der Waals surface area contributed by atoms with Gasteiger partial charge in [0.1, 0.15) is 0 Å². The van der Waals surface area contributed by atoms with E-state index in [0.717, 1.165) is 18.4 Å². The Labute approximate surface area is 107 Å². The Kier molecular flexibility index (Phi) is 4.14. The standard InChI is InChI=1S/C15H29NO/c1-11(2)8-14-6-5-7-15(9-14)10-16-12(3)13(4)17-15/h11-14,16H,5-10H2,1-4H3. The quantitative estimate of drug-likeness (QED) is 0.798. The molecule has 2 heteroatoms. The molecule has 1 heterocycles. The molecule has 4 unspecified atom stereocenters. The van der Waals surface area contributed by atoms with Gasteiger partial charge in [-0.05, 0) is 44.9 Å². The van der Waals surface area contributed by atoms with Crippen LogP contribution in [0.3, 0.4) is 0 Å². The summed E-state index contributed by atoms with van der Waals surface area (Å²) in [5.41, 5.74) is 0.156. The van der Waals surface area contributed by atoms with E-state index >= 15 is 0 Å². The van der Waals surface area contributed by atoms with Crippen molar-refractivity contribution in [2.24, 2.45) is 11.8 Å². The molecule has 17 heavy (non-hydrogen) atoms. The topological polar surface area (TPSA) is 21.3 Å². The van der Waals surface area contributed by atoms with E-state index in [1.54, 1.807) is 0 Å². The molecule has 2 nitrogen and oxygen atoms in total. The minimum atomic E-state index is 0.156. The van der Waals surface area contributed by atoms with Crippen LogP contribution in [-0.4, -0.2) is 24.3 Å². The Morgan fingerprint density at radius 1 is 1.35 bits per heavy atom. The minimum absolute atomic E-state index is 0.156. The second-order valence-corrected chi connectivity index (χ2v) is 6.77. The highest BCUT2D eigenvalue weighted by atomic mass is 16.5. The number of rotatable bonds is 2. The summed E-state index contributed by atoms with van der Waals surface area (Å²) in [6, 6.07) is 0.506. The van der Waals surface area contributed by atoms with E-state index in [1.165, 1.54) is 32.1 Å². The molecule has 100 valence electrons. The summed E-state index contributed by atoms with van der Waals surface area (Å²) in [6.45, 7) is 10.2. The maximum atomic E-state index is 6.38. The second-order valence-electron chi connectivity index (χ2n) is 6.77. The predicted molar refractivity (Wildman–Crippen MR) is 72.2 cm³/mol. The van der Waals surface area contributed by atoms with Gasteiger partial charge in [0.2, 0.25) is 0 Å². The average Bonchev–Trinajstić information content (AvgIpc) is 2.24. The van der Waals surface area contributed by atoms with Gasteiger partial charge in [0.15, 0.2) is 0 Å². The van der Waals surface area contributed by atoms with E-state index in [2.05, 4.69) is 33.0 Å². The van der Waals surface area contributed by atoms with Crippen LogP contribution in [0.2, 0.25) is 0 Å². The molecule has 0 aromatic heterocycles. The summed E-state index contributed by atoms with van der Waals surface area (Å²) in [5, 5.41) is 3.64. The molecule has 1 spiro atoms. The van der Waals surface area contributed by atoms with Crippen molar-refractivity contribution in [3.05, 3.63) is 0 Å². The van der Waals surface area contributed by atoms with Crippen LogP contribution in [-0.2, 0) is 4.74 Å². The lowest BCUT2D eigenvalue weighted by Gasteiger charge is -2.48. The Bertz CT molecular complexity index is 253. The van der Waals surface area contributed by atoms with Crippen molar-refractivity contribution in [3.63, 3.8) is 0 Å². The molecule has 2 fully saturated rings. The van der Waals surface area contributed by atoms with E-state index in [0.29, 0.717) is 12.1 Å². The monoisotopic (exact) mass is 239 g/mol. The zero-order valence-electron chi connectivity index (χ0n) is 12.0. The van der Waals surface area contributed by atoms with Gasteiger partial charge < -0.3 is 10.1 Å². The largest absolute Gasteiger partial charge is 0.369 e. The zero-order valence-corrected chi connectivity index (χ0v) is 12.0. The van der Waals surface area contributed by atoms with Gasteiger partial charge in [0.25, 0.3) is 0 Å². The number of hydrogen-bond donors (Lipinski definition) is 1. The van der Waals surface area contributed by atoms with Crippen LogP contribution in [0.1, 0.15) is 59.8 Å². The highest BCUT2D eigenvalue weighted by Gasteiger charge is 2.42. The Hall–Kier alpha value is -0.0800. The van der Waals surface area contributed by atoms with Gasteiger partial charge in [-0.3, -0.25) is 0 Å². The van der Waals surface area contributed by atoms with Crippen molar-refractivity contribution < 1.29 is 4.74 Å². The Balaban J connectivity index is 1.95. The van der Waals surface area contributed by atoms with Crippen molar-refractivity contribution in [3.8, 4) is 0 Å². The summed E-state index contributed by atoms with van der Waals surface area (Å²) >= 11 is 0. The molecule has 0 aromatic carbocycles. The fraction of sp³-hybridized carbons (Fsp3) is 1.00. The van der Waals surface area contributed by atoms with Gasteiger partial charge in [-0.2, -0.15) is 0 Å². The molecule has 2 aliphatic rings. The summed E-state index contributed by atoms with van der Waals surface area (Å²) in [5.74, 6) is 1.70. The lowest BCUT2D eigenvalue weighted by Crippen LogP contribution is -2.58. The molecular weight excluding hydrogens is 210 g/mol. The first-order chi connectivity index (χ1) is 8.01. The summed E-state index contributed by atoms with van der Waals surface area (Å²) in [6.07, 6.45) is 7.02. The van der Waals surface area contributed by atoms with Crippen LogP contribution in [0, 0.1) is 11.8 Å². The number of ether oxygens (including phenoxy) is 1. The number of morpholine rings is 1. The van der Waals surface area contributed by atoms with Crippen molar-refractivity contribution in [1.29, 1.82) is 0 Å². The summed E-state index contributed by atoms with van der Waals surface area (Å²) in [4.78, 5) is 0. The van der Waals surface area contributed by atoms with Crippen LogP contribution >= 0.6 is 0 Å². The molecule has 2 rings (SSSR count). The third-order valence-corrected chi connectivity index (χ3v) is 4.60. The number of nitrogens with one attached hydrogen (secondary N) is 1. The van der Waals surface area contributed by atoms with E-state index in [-0.39, 0.29) is 5.60 Å². The van der Waals surface area contributed by atoms with Gasteiger partial charge in [0.05, 0.1) is 11.7 Å². The molecule has 1 saturated carbocycles. The fourth-order valence-electron chi connectivity index (χ4n) is 3.63. The highest BCUT2D eigenvalue weighted by Crippen LogP contribution is 2.40. The maximum absolute atomic E-state index is 6.38. The van der Waals surface area contributed by atoms with E-state index in [1.807, 2.05) is 0 Å². The lowest BCUT2D eigenvalue weighted by atomic mass is 9.74. The Morgan fingerprint density at radius 2 is 2.12 bits per heavy atom. The molecule has 1 N–H and O–H groups in total. The van der Waals surface area contributed by atoms with Gasteiger partial charge in [0, 0.05) is 12.6 Å². The van der Waals surface area contributed by atoms with Gasteiger partial charge in [-0.15, -0.1) is 0 Å². The third kappa shape index (κ3) is 3.23. The molecule has 1 aliphatic heterocycles. The predicted octanol–water partition coefficient (Wildman–Crippen LogP) is 3.36. The molecular formula is C15H29NO.